The third-order valence-electron chi connectivity index (χ3n) is 1.21. The standard InChI is InChI=1S/C8H19NO3/c1-2-10-5-6-12-8-7-11-4-3-9/h2-9H2,1H3. The van der Waals surface area contributed by atoms with Gasteiger partial charge in [0.15, 0.2) is 0 Å². The minimum atomic E-state index is 0.568. The molecule has 0 heterocycles. The van der Waals surface area contributed by atoms with Crippen molar-refractivity contribution in [3.05, 3.63) is 0 Å². The molecule has 0 aromatic carbocycles. The van der Waals surface area contributed by atoms with Crippen molar-refractivity contribution in [1.82, 2.24) is 0 Å². The minimum Gasteiger partial charge on any atom is -0.379 e. The Hall–Kier alpha value is -0.160. The minimum absolute atomic E-state index is 0.568. The molecule has 2 N–H and O–H groups in total. The maximum atomic E-state index is 5.22. The number of rotatable bonds is 9. The van der Waals surface area contributed by atoms with Crippen molar-refractivity contribution in [2.45, 2.75) is 6.92 Å². The number of hydrogen-bond donors (Lipinski definition) is 1. The lowest BCUT2D eigenvalue weighted by molar-refractivity contribution is 0.0185. The number of hydrogen-bond acceptors (Lipinski definition) is 4. The molecule has 0 rings (SSSR count). The monoisotopic (exact) mass is 177 g/mol. The molecule has 0 aromatic heterocycles. The summed E-state index contributed by atoms with van der Waals surface area (Å²) in [4.78, 5) is 0. The molecule has 0 atom stereocenters. The van der Waals surface area contributed by atoms with Crippen LogP contribution in [0.1, 0.15) is 6.92 Å². The van der Waals surface area contributed by atoms with Crippen LogP contribution in [0, 0.1) is 0 Å². The van der Waals surface area contributed by atoms with Gasteiger partial charge in [0.2, 0.25) is 0 Å². The van der Waals surface area contributed by atoms with Crippen molar-refractivity contribution in [2.24, 2.45) is 5.73 Å². The van der Waals surface area contributed by atoms with Crippen molar-refractivity contribution in [3.63, 3.8) is 0 Å². The zero-order valence-electron chi connectivity index (χ0n) is 7.75. The van der Waals surface area contributed by atoms with Crippen LogP contribution in [0.25, 0.3) is 0 Å². The van der Waals surface area contributed by atoms with E-state index < -0.39 is 0 Å². The fourth-order valence-electron chi connectivity index (χ4n) is 0.667. The first-order valence-corrected chi connectivity index (χ1v) is 4.35. The maximum Gasteiger partial charge on any atom is 0.0701 e. The van der Waals surface area contributed by atoms with E-state index in [0.29, 0.717) is 39.6 Å². The first-order chi connectivity index (χ1) is 5.91. The van der Waals surface area contributed by atoms with E-state index in [1.54, 1.807) is 0 Å². The molecular formula is C8H19NO3. The quantitative estimate of drug-likeness (QED) is 0.504. The Bertz CT molecular complexity index is 70.7. The summed E-state index contributed by atoms with van der Waals surface area (Å²) in [6.45, 7) is 6.41. The Morgan fingerprint density at radius 3 is 1.83 bits per heavy atom. The molecule has 0 radical (unpaired) electrons. The van der Waals surface area contributed by atoms with Crippen LogP contribution in [0.4, 0.5) is 0 Å². The van der Waals surface area contributed by atoms with Crippen LogP contribution in [0.2, 0.25) is 0 Å². The van der Waals surface area contributed by atoms with Gasteiger partial charge in [0, 0.05) is 13.2 Å². The van der Waals surface area contributed by atoms with Crippen molar-refractivity contribution in [1.29, 1.82) is 0 Å². The lowest BCUT2D eigenvalue weighted by Gasteiger charge is -2.04. The molecule has 0 spiro atoms. The van der Waals surface area contributed by atoms with E-state index in [4.69, 9.17) is 19.9 Å². The molecule has 0 bridgehead atoms. The zero-order valence-corrected chi connectivity index (χ0v) is 7.75. The van der Waals surface area contributed by atoms with E-state index in [0.717, 1.165) is 6.61 Å². The SMILES string of the molecule is CCOCCOCCOCCN. The van der Waals surface area contributed by atoms with Gasteiger partial charge < -0.3 is 19.9 Å². The van der Waals surface area contributed by atoms with E-state index >= 15 is 0 Å². The second kappa shape index (κ2) is 10.8. The van der Waals surface area contributed by atoms with Crippen molar-refractivity contribution in [3.8, 4) is 0 Å². The molecular weight excluding hydrogens is 158 g/mol. The zero-order chi connectivity index (χ0) is 9.07. The fraction of sp³-hybridized carbons (Fsp3) is 1.00. The van der Waals surface area contributed by atoms with Gasteiger partial charge in [0.1, 0.15) is 0 Å². The fourth-order valence-corrected chi connectivity index (χ4v) is 0.667. The van der Waals surface area contributed by atoms with Gasteiger partial charge in [0.25, 0.3) is 0 Å². The Morgan fingerprint density at radius 1 is 0.833 bits per heavy atom. The average Bonchev–Trinajstić information content (AvgIpc) is 2.10. The van der Waals surface area contributed by atoms with Gasteiger partial charge >= 0.3 is 0 Å². The van der Waals surface area contributed by atoms with Crippen LogP contribution in [0.3, 0.4) is 0 Å². The van der Waals surface area contributed by atoms with Crippen LogP contribution in [0.15, 0.2) is 0 Å². The third-order valence-corrected chi connectivity index (χ3v) is 1.21. The van der Waals surface area contributed by atoms with Gasteiger partial charge in [-0.1, -0.05) is 0 Å². The summed E-state index contributed by atoms with van der Waals surface area (Å²) >= 11 is 0. The second-order valence-electron chi connectivity index (χ2n) is 2.21. The van der Waals surface area contributed by atoms with Gasteiger partial charge in [-0.05, 0) is 6.92 Å². The third kappa shape index (κ3) is 9.84. The molecule has 74 valence electrons. The molecule has 4 heteroatoms. The van der Waals surface area contributed by atoms with Gasteiger partial charge in [-0.2, -0.15) is 0 Å². The van der Waals surface area contributed by atoms with Gasteiger partial charge in [-0.3, -0.25) is 0 Å². The average molecular weight is 177 g/mol. The first-order valence-electron chi connectivity index (χ1n) is 4.35. The predicted molar refractivity (Wildman–Crippen MR) is 47.2 cm³/mol. The summed E-state index contributed by atoms with van der Waals surface area (Å²) in [5.74, 6) is 0. The lowest BCUT2D eigenvalue weighted by atomic mass is 10.7. The maximum absolute atomic E-state index is 5.22. The number of ether oxygens (including phenoxy) is 3. The van der Waals surface area contributed by atoms with Crippen LogP contribution in [-0.4, -0.2) is 46.2 Å². The Balaban J connectivity index is 2.73. The molecule has 0 saturated carbocycles. The molecule has 0 unspecified atom stereocenters. The highest BCUT2D eigenvalue weighted by atomic mass is 16.5. The van der Waals surface area contributed by atoms with Crippen LogP contribution >= 0.6 is 0 Å². The van der Waals surface area contributed by atoms with E-state index in [-0.39, 0.29) is 0 Å². The van der Waals surface area contributed by atoms with Gasteiger partial charge in [-0.25, -0.2) is 0 Å². The molecule has 0 amide bonds. The van der Waals surface area contributed by atoms with Crippen LogP contribution in [-0.2, 0) is 14.2 Å². The molecule has 12 heavy (non-hydrogen) atoms. The number of nitrogens with two attached hydrogens (primary N) is 1. The molecule has 0 fully saturated rings. The van der Waals surface area contributed by atoms with E-state index in [2.05, 4.69) is 0 Å². The second-order valence-corrected chi connectivity index (χ2v) is 2.21. The normalized spacial score (nSPS) is 10.5. The molecule has 0 aliphatic rings. The lowest BCUT2D eigenvalue weighted by Crippen LogP contribution is -2.13. The molecule has 0 aliphatic heterocycles. The van der Waals surface area contributed by atoms with Gasteiger partial charge in [0.05, 0.1) is 33.0 Å². The highest BCUT2D eigenvalue weighted by Gasteiger charge is 1.88. The summed E-state index contributed by atoms with van der Waals surface area (Å²) < 4.78 is 15.4. The van der Waals surface area contributed by atoms with Gasteiger partial charge in [-0.15, -0.1) is 0 Å². The summed E-state index contributed by atoms with van der Waals surface area (Å²) in [7, 11) is 0. The Morgan fingerprint density at radius 2 is 1.33 bits per heavy atom. The molecule has 0 aromatic rings. The molecule has 0 saturated heterocycles. The van der Waals surface area contributed by atoms with E-state index in [9.17, 15) is 0 Å². The highest BCUT2D eigenvalue weighted by Crippen LogP contribution is 1.79. The van der Waals surface area contributed by atoms with Crippen molar-refractivity contribution >= 4 is 0 Å². The topological polar surface area (TPSA) is 53.7 Å². The van der Waals surface area contributed by atoms with Crippen molar-refractivity contribution in [2.75, 3.05) is 46.2 Å². The highest BCUT2D eigenvalue weighted by molar-refractivity contribution is 4.33. The van der Waals surface area contributed by atoms with Crippen LogP contribution in [0.5, 0.6) is 0 Å². The summed E-state index contributed by atoms with van der Waals surface area (Å²) in [5, 5.41) is 0. The molecule has 4 nitrogen and oxygen atoms in total. The van der Waals surface area contributed by atoms with E-state index in [1.807, 2.05) is 6.92 Å². The summed E-state index contributed by atoms with van der Waals surface area (Å²) in [6, 6.07) is 0. The summed E-state index contributed by atoms with van der Waals surface area (Å²) in [5.41, 5.74) is 5.22. The smallest absolute Gasteiger partial charge is 0.0701 e. The Kier molecular flexibility index (Phi) is 10.7. The van der Waals surface area contributed by atoms with Crippen LogP contribution < -0.4 is 5.73 Å². The largest absolute Gasteiger partial charge is 0.379 e. The predicted octanol–water partition coefficient (Wildman–Crippen LogP) is 0.0148. The van der Waals surface area contributed by atoms with E-state index in [1.165, 1.54) is 0 Å². The Labute approximate surface area is 74.0 Å². The molecule has 0 aliphatic carbocycles. The summed E-state index contributed by atoms with van der Waals surface area (Å²) in [6.07, 6.45) is 0. The van der Waals surface area contributed by atoms with Crippen molar-refractivity contribution < 1.29 is 14.2 Å². The first kappa shape index (κ1) is 11.8.